The Morgan fingerprint density at radius 3 is 0.893 bits per heavy atom. The van der Waals surface area contributed by atoms with Crippen LogP contribution in [0.3, 0.4) is 0 Å². The van der Waals surface area contributed by atoms with Crippen LogP contribution >= 0.6 is 0 Å². The average molecular weight is 397 g/mol. The summed E-state index contributed by atoms with van der Waals surface area (Å²) in [5.74, 6) is -0.0628. The van der Waals surface area contributed by atoms with Gasteiger partial charge >= 0.3 is 0 Å². The van der Waals surface area contributed by atoms with Crippen molar-refractivity contribution in [2.75, 3.05) is 0 Å². The maximum Gasteiger partial charge on any atom is 0.220 e. The molecule has 0 bridgehead atoms. The molecular formula is C22H40N2O4. The summed E-state index contributed by atoms with van der Waals surface area (Å²) in [6.45, 7) is 18.7. The van der Waals surface area contributed by atoms with E-state index in [2.05, 4.69) is 0 Å². The molecule has 0 atom stereocenters. The highest BCUT2D eigenvalue weighted by Crippen LogP contribution is 2.55. The highest BCUT2D eigenvalue weighted by Gasteiger charge is 2.65. The van der Waals surface area contributed by atoms with Gasteiger partial charge in [0.05, 0.1) is 11.2 Å². The molecule has 0 unspecified atom stereocenters. The molecule has 0 saturated carbocycles. The highest BCUT2D eigenvalue weighted by molar-refractivity contribution is 5.76. The van der Waals surface area contributed by atoms with Gasteiger partial charge in [0.2, 0.25) is 11.8 Å². The van der Waals surface area contributed by atoms with Gasteiger partial charge in [-0.15, -0.1) is 0 Å². The number of hydrogen-bond acceptors (Lipinski definition) is 4. The summed E-state index contributed by atoms with van der Waals surface area (Å²) >= 11 is 0. The third-order valence-electron chi connectivity index (χ3n) is 6.82. The minimum absolute atomic E-state index is 0.0314. The molecule has 2 N–H and O–H groups in total. The quantitative estimate of drug-likeness (QED) is 0.714. The van der Waals surface area contributed by atoms with E-state index in [1.807, 2.05) is 65.2 Å². The van der Waals surface area contributed by atoms with E-state index in [0.717, 1.165) is 0 Å². The molecule has 0 aromatic heterocycles. The minimum atomic E-state index is -1.37. The molecule has 6 nitrogen and oxygen atoms in total. The van der Waals surface area contributed by atoms with Crippen LogP contribution in [0.4, 0.5) is 0 Å². The number of nitrogens with zero attached hydrogens (tertiary/aromatic N) is 2. The lowest BCUT2D eigenvalue weighted by Crippen LogP contribution is -2.77. The molecule has 2 fully saturated rings. The highest BCUT2D eigenvalue weighted by atomic mass is 16.4. The second-order valence-corrected chi connectivity index (χ2v) is 11.7. The van der Waals surface area contributed by atoms with Crippen molar-refractivity contribution in [2.24, 2.45) is 0 Å². The van der Waals surface area contributed by atoms with Crippen molar-refractivity contribution in [3.8, 4) is 0 Å². The van der Waals surface area contributed by atoms with Crippen molar-refractivity contribution < 1.29 is 19.8 Å². The van der Waals surface area contributed by atoms with E-state index < -0.39 is 33.4 Å². The first-order valence-corrected chi connectivity index (χ1v) is 10.3. The van der Waals surface area contributed by atoms with Crippen molar-refractivity contribution in [1.82, 2.24) is 9.80 Å². The Balaban J connectivity index is 2.54. The van der Waals surface area contributed by atoms with Crippen LogP contribution in [0.15, 0.2) is 0 Å². The van der Waals surface area contributed by atoms with E-state index in [4.69, 9.17) is 0 Å². The molecule has 6 heteroatoms. The molecule has 0 radical (unpaired) electrons. The number of amides is 2. The Labute approximate surface area is 170 Å². The fraction of sp³-hybridized carbons (Fsp3) is 0.909. The zero-order valence-electron chi connectivity index (χ0n) is 19.4. The third kappa shape index (κ3) is 3.47. The molecule has 2 saturated heterocycles. The number of piperidine rings is 2. The van der Waals surface area contributed by atoms with Crippen molar-refractivity contribution in [2.45, 2.75) is 128 Å². The van der Waals surface area contributed by atoms with Gasteiger partial charge in [0.25, 0.3) is 0 Å². The second kappa shape index (κ2) is 6.18. The molecule has 0 aromatic rings. The van der Waals surface area contributed by atoms with Crippen LogP contribution < -0.4 is 0 Å². The number of hydrogen-bond donors (Lipinski definition) is 2. The predicted octanol–water partition coefficient (Wildman–Crippen LogP) is 2.85. The average Bonchev–Trinajstić information content (AvgIpc) is 2.28. The number of aliphatic hydroxyl groups is 2. The Hall–Kier alpha value is -1.14. The Morgan fingerprint density at radius 1 is 0.571 bits per heavy atom. The van der Waals surface area contributed by atoms with Crippen molar-refractivity contribution in [3.63, 3.8) is 0 Å². The van der Waals surface area contributed by atoms with Crippen LogP contribution in [0.2, 0.25) is 0 Å². The summed E-state index contributed by atoms with van der Waals surface area (Å²) in [6, 6.07) is 0. The molecule has 2 heterocycles. The van der Waals surface area contributed by atoms with E-state index in [9.17, 15) is 19.8 Å². The fourth-order valence-electron chi connectivity index (χ4n) is 7.31. The summed E-state index contributed by atoms with van der Waals surface area (Å²) in [5, 5.41) is 23.8. The van der Waals surface area contributed by atoms with Crippen molar-refractivity contribution in [3.05, 3.63) is 0 Å². The Bertz CT molecular complexity index is 584. The summed E-state index contributed by atoms with van der Waals surface area (Å²) in [7, 11) is 0. The molecule has 0 spiro atoms. The van der Waals surface area contributed by atoms with Crippen LogP contribution in [0.1, 0.15) is 94.9 Å². The zero-order valence-corrected chi connectivity index (χ0v) is 19.4. The van der Waals surface area contributed by atoms with Gasteiger partial charge in [0, 0.05) is 61.7 Å². The molecule has 2 amide bonds. The van der Waals surface area contributed by atoms with Gasteiger partial charge in [0.15, 0.2) is 0 Å². The third-order valence-corrected chi connectivity index (χ3v) is 6.82. The molecule has 2 aliphatic rings. The van der Waals surface area contributed by atoms with Gasteiger partial charge in [-0.1, -0.05) is 0 Å². The van der Waals surface area contributed by atoms with Crippen molar-refractivity contribution >= 4 is 11.8 Å². The molecule has 162 valence electrons. The van der Waals surface area contributed by atoms with Gasteiger partial charge in [-0.05, 0) is 55.4 Å². The Morgan fingerprint density at radius 2 is 0.750 bits per heavy atom. The van der Waals surface area contributed by atoms with Gasteiger partial charge in [-0.2, -0.15) is 0 Å². The van der Waals surface area contributed by atoms with Crippen molar-refractivity contribution in [1.29, 1.82) is 0 Å². The van der Waals surface area contributed by atoms with E-state index in [1.54, 1.807) is 13.8 Å². The summed E-state index contributed by atoms with van der Waals surface area (Å²) < 4.78 is 0. The van der Waals surface area contributed by atoms with Gasteiger partial charge in [-0.25, -0.2) is 0 Å². The number of likely N-dealkylation sites (tertiary alicyclic amines) is 2. The van der Waals surface area contributed by atoms with Gasteiger partial charge in [0.1, 0.15) is 0 Å². The second-order valence-electron chi connectivity index (χ2n) is 11.7. The molecular weight excluding hydrogens is 356 g/mol. The molecule has 2 rings (SSSR count). The topological polar surface area (TPSA) is 81.1 Å². The van der Waals surface area contributed by atoms with Crippen LogP contribution in [-0.2, 0) is 9.59 Å². The smallest absolute Gasteiger partial charge is 0.220 e. The fourth-order valence-corrected chi connectivity index (χ4v) is 7.31. The maximum absolute atomic E-state index is 12.4. The zero-order chi connectivity index (χ0) is 22.1. The molecule has 0 aliphatic carbocycles. The van der Waals surface area contributed by atoms with Crippen LogP contribution in [0, 0.1) is 0 Å². The summed E-state index contributed by atoms with van der Waals surface area (Å²) in [6.07, 6.45) is 1.13. The van der Waals surface area contributed by atoms with E-state index in [0.29, 0.717) is 0 Å². The predicted molar refractivity (Wildman–Crippen MR) is 110 cm³/mol. The molecule has 28 heavy (non-hydrogen) atoms. The first kappa shape index (κ1) is 23.1. The maximum atomic E-state index is 12.4. The van der Waals surface area contributed by atoms with Crippen LogP contribution in [0.5, 0.6) is 0 Å². The van der Waals surface area contributed by atoms with E-state index >= 15 is 0 Å². The van der Waals surface area contributed by atoms with Crippen LogP contribution in [-0.4, -0.2) is 65.2 Å². The SMILES string of the molecule is CC(=O)N1C(C)(C)CC(O)(C2(O)CC(C)(C)N(C(C)=O)C(C)(C)C2)CC1(C)C. The monoisotopic (exact) mass is 396 g/mol. The van der Waals surface area contributed by atoms with Gasteiger partial charge < -0.3 is 20.0 Å². The van der Waals surface area contributed by atoms with E-state index in [-0.39, 0.29) is 37.5 Å². The first-order valence-electron chi connectivity index (χ1n) is 10.3. The summed E-state index contributed by atoms with van der Waals surface area (Å²) in [4.78, 5) is 28.4. The number of rotatable bonds is 1. The Kier molecular flexibility index (Phi) is 5.11. The minimum Gasteiger partial charge on any atom is -0.387 e. The van der Waals surface area contributed by atoms with E-state index in [1.165, 1.54) is 0 Å². The lowest BCUT2D eigenvalue weighted by atomic mass is 9.57. The normalized spacial score (nSPS) is 29.3. The van der Waals surface area contributed by atoms with Gasteiger partial charge in [-0.3, -0.25) is 9.59 Å². The molecule has 2 aliphatic heterocycles. The molecule has 0 aromatic carbocycles. The standard InChI is InChI=1S/C22H40N2O4/c1-15(25)23-17(3,4)11-21(27,12-18(23,5)6)22(28)13-19(7,8)24(16(2)26)20(9,10)14-22/h27-28H,11-14H2,1-10H3. The summed E-state index contributed by atoms with van der Waals surface area (Å²) in [5.41, 5.74) is -5.17. The number of carbonyl (C=O) groups is 2. The lowest BCUT2D eigenvalue weighted by Gasteiger charge is -2.66. The first-order chi connectivity index (χ1) is 12.2. The van der Waals surface area contributed by atoms with Crippen LogP contribution in [0.25, 0.3) is 0 Å². The lowest BCUT2D eigenvalue weighted by molar-refractivity contribution is -0.257. The number of carbonyl (C=O) groups excluding carboxylic acids is 2. The largest absolute Gasteiger partial charge is 0.387 e.